The number of amides is 1. The first kappa shape index (κ1) is 34.6. The van der Waals surface area contributed by atoms with Gasteiger partial charge in [0.15, 0.2) is 0 Å². The van der Waals surface area contributed by atoms with Crippen molar-refractivity contribution in [3.05, 3.63) is 0 Å². The van der Waals surface area contributed by atoms with E-state index in [-0.39, 0.29) is 41.3 Å². The molecule has 0 aromatic carbocycles. The Bertz CT molecular complexity index is 463. The number of nitrogens with one attached hydrogen (secondary N) is 2. The normalized spacial score (nSPS) is 12.5. The van der Waals surface area contributed by atoms with Crippen molar-refractivity contribution in [2.24, 2.45) is 5.92 Å². The fourth-order valence-corrected chi connectivity index (χ4v) is 2.69. The Balaban J connectivity index is -0.00000143. The summed E-state index contributed by atoms with van der Waals surface area (Å²) < 4.78 is 6.09. The van der Waals surface area contributed by atoms with Gasteiger partial charge in [0, 0.05) is 18.7 Å². The second-order valence-electron chi connectivity index (χ2n) is 9.54. The molecule has 0 radical (unpaired) electrons. The molecule has 0 heterocycles. The zero-order valence-corrected chi connectivity index (χ0v) is 23.1. The van der Waals surface area contributed by atoms with E-state index in [0.717, 1.165) is 19.4 Å². The zero-order valence-electron chi connectivity index (χ0n) is 23.1. The lowest BCUT2D eigenvalue weighted by Crippen LogP contribution is -2.50. The Kier molecular flexibility index (Phi) is 20.8. The van der Waals surface area contributed by atoms with E-state index in [1.54, 1.807) is 0 Å². The molecule has 0 spiro atoms. The number of carbonyl (C=O) groups excluding carboxylic acids is 2. The number of rotatable bonds is 13. The molecule has 31 heavy (non-hydrogen) atoms. The minimum Gasteiger partial charge on any atom is -0.375 e. The summed E-state index contributed by atoms with van der Waals surface area (Å²) in [4.78, 5) is 25.6. The lowest BCUT2D eigenvalue weighted by molar-refractivity contribution is -0.130. The second-order valence-corrected chi connectivity index (χ2v) is 9.54. The molecule has 0 aliphatic heterocycles. The van der Waals surface area contributed by atoms with Crippen molar-refractivity contribution in [3.63, 3.8) is 0 Å². The summed E-state index contributed by atoms with van der Waals surface area (Å²) in [6.07, 6.45) is 3.01. The highest BCUT2D eigenvalue weighted by Gasteiger charge is 2.28. The van der Waals surface area contributed by atoms with Crippen molar-refractivity contribution < 1.29 is 14.3 Å². The van der Waals surface area contributed by atoms with Crippen molar-refractivity contribution in [1.82, 2.24) is 15.5 Å². The minimum absolute atomic E-state index is 0.0393. The van der Waals surface area contributed by atoms with E-state index in [9.17, 15) is 9.59 Å². The summed E-state index contributed by atoms with van der Waals surface area (Å²) in [5, 5.41) is 6.01. The van der Waals surface area contributed by atoms with Crippen molar-refractivity contribution in [3.8, 4) is 0 Å². The van der Waals surface area contributed by atoms with Crippen LogP contribution in [0.25, 0.3) is 0 Å². The molecule has 188 valence electrons. The average molecular weight is 446 g/mol. The topological polar surface area (TPSA) is 70.7 Å². The molecule has 0 aromatic heterocycles. The molecule has 0 saturated heterocycles. The number of likely N-dealkylation sites (N-methyl/N-ethyl adjacent to an activating group) is 1. The molecule has 0 bridgehead atoms. The van der Waals surface area contributed by atoms with E-state index in [0.29, 0.717) is 6.61 Å². The van der Waals surface area contributed by atoms with E-state index in [1.807, 2.05) is 41.8 Å². The number of ketones is 1. The van der Waals surface area contributed by atoms with Crippen LogP contribution in [0, 0.1) is 5.92 Å². The van der Waals surface area contributed by atoms with Crippen molar-refractivity contribution in [2.45, 2.75) is 113 Å². The molecular formula is C25H55N3O3. The number of ether oxygens (including phenoxy) is 1. The van der Waals surface area contributed by atoms with E-state index in [1.165, 1.54) is 13.3 Å². The zero-order chi connectivity index (χ0) is 25.3. The molecule has 1 amide bonds. The quantitative estimate of drug-likeness (QED) is 0.431. The van der Waals surface area contributed by atoms with Gasteiger partial charge in [-0.2, -0.15) is 0 Å². The van der Waals surface area contributed by atoms with E-state index in [2.05, 4.69) is 57.1 Å². The van der Waals surface area contributed by atoms with Gasteiger partial charge in [-0.1, -0.05) is 48.0 Å². The fourth-order valence-electron chi connectivity index (χ4n) is 2.69. The predicted octanol–water partition coefficient (Wildman–Crippen LogP) is 4.66. The van der Waals surface area contributed by atoms with Gasteiger partial charge in [-0.3, -0.25) is 14.5 Å². The van der Waals surface area contributed by atoms with Gasteiger partial charge in [0.2, 0.25) is 5.91 Å². The van der Waals surface area contributed by atoms with Crippen LogP contribution in [-0.4, -0.2) is 67.6 Å². The average Bonchev–Trinajstić information content (AvgIpc) is 2.66. The van der Waals surface area contributed by atoms with E-state index >= 15 is 0 Å². The highest BCUT2D eigenvalue weighted by atomic mass is 16.5. The molecule has 1 unspecified atom stereocenters. The summed E-state index contributed by atoms with van der Waals surface area (Å²) >= 11 is 0. The van der Waals surface area contributed by atoms with Crippen molar-refractivity contribution in [2.75, 3.05) is 33.8 Å². The molecule has 2 N–H and O–H groups in total. The van der Waals surface area contributed by atoms with E-state index < -0.39 is 0 Å². The third kappa shape index (κ3) is 19.4. The van der Waals surface area contributed by atoms with Crippen LogP contribution in [0.3, 0.4) is 0 Å². The van der Waals surface area contributed by atoms with Crippen molar-refractivity contribution >= 4 is 11.7 Å². The molecule has 1 atom stereocenters. The molecule has 0 aliphatic carbocycles. The fraction of sp³-hybridized carbons (Fsp3) is 0.920. The number of hydrogen-bond donors (Lipinski definition) is 2. The summed E-state index contributed by atoms with van der Waals surface area (Å²) in [5.41, 5.74) is -0.195. The summed E-state index contributed by atoms with van der Waals surface area (Å²) in [7, 11) is 3.92. The largest absolute Gasteiger partial charge is 0.375 e. The molecule has 0 aliphatic rings. The molecular weight excluding hydrogens is 390 g/mol. The monoisotopic (exact) mass is 445 g/mol. The third-order valence-corrected chi connectivity index (χ3v) is 4.85. The maximum Gasteiger partial charge on any atom is 0.237 e. The number of carbonyl (C=O) groups is 2. The van der Waals surface area contributed by atoms with Gasteiger partial charge in [-0.15, -0.1) is 0 Å². The minimum atomic E-state index is -0.256. The van der Waals surface area contributed by atoms with Gasteiger partial charge in [-0.05, 0) is 67.5 Å². The van der Waals surface area contributed by atoms with Crippen LogP contribution in [0.1, 0.15) is 95.4 Å². The molecule has 0 rings (SSSR count). The van der Waals surface area contributed by atoms with Crippen LogP contribution in [0.2, 0.25) is 0 Å². The van der Waals surface area contributed by atoms with Gasteiger partial charge in [-0.25, -0.2) is 0 Å². The first-order valence-corrected chi connectivity index (χ1v) is 12.0. The smallest absolute Gasteiger partial charge is 0.237 e. The number of hydrogen-bond acceptors (Lipinski definition) is 5. The third-order valence-electron chi connectivity index (χ3n) is 4.85. The van der Waals surface area contributed by atoms with Crippen LogP contribution in [0.4, 0.5) is 0 Å². The maximum absolute atomic E-state index is 12.4. The van der Waals surface area contributed by atoms with Gasteiger partial charge in [0.1, 0.15) is 5.78 Å². The predicted molar refractivity (Wildman–Crippen MR) is 135 cm³/mol. The van der Waals surface area contributed by atoms with Crippen LogP contribution >= 0.6 is 0 Å². The van der Waals surface area contributed by atoms with Crippen molar-refractivity contribution in [1.29, 1.82) is 0 Å². The lowest BCUT2D eigenvalue weighted by atomic mass is 9.99. The summed E-state index contributed by atoms with van der Waals surface area (Å²) in [6.45, 7) is 23.8. The van der Waals surface area contributed by atoms with Crippen LogP contribution in [0.5, 0.6) is 0 Å². The van der Waals surface area contributed by atoms with Crippen LogP contribution in [-0.2, 0) is 14.3 Å². The van der Waals surface area contributed by atoms with Gasteiger partial charge in [0.25, 0.3) is 0 Å². The van der Waals surface area contributed by atoms with Gasteiger partial charge >= 0.3 is 0 Å². The first-order chi connectivity index (χ1) is 14.2. The van der Waals surface area contributed by atoms with E-state index in [4.69, 9.17) is 4.74 Å². The Hall–Kier alpha value is -0.980. The molecule has 6 heteroatoms. The van der Waals surface area contributed by atoms with Crippen LogP contribution < -0.4 is 10.6 Å². The summed E-state index contributed by atoms with van der Waals surface area (Å²) in [5.74, 6) is 0.0298. The molecule has 0 fully saturated rings. The maximum atomic E-state index is 12.4. The van der Waals surface area contributed by atoms with Crippen LogP contribution in [0.15, 0.2) is 0 Å². The Labute approximate surface area is 194 Å². The number of Topliss-reactive ketones (excluding diaryl/α,β-unsaturated/α-hetero) is 1. The Morgan fingerprint density at radius 1 is 1.03 bits per heavy atom. The Morgan fingerprint density at radius 3 is 1.90 bits per heavy atom. The number of nitrogens with zero attached hydrogens (tertiary/aromatic N) is 1. The molecule has 0 aromatic rings. The molecule has 6 nitrogen and oxygen atoms in total. The Morgan fingerprint density at radius 2 is 1.52 bits per heavy atom. The summed E-state index contributed by atoms with van der Waals surface area (Å²) in [6, 6.07) is -0.256. The SMILES string of the molecule is CC.CCC.CNC(C)(C)CCOC(C)(C)CCN(C)C(C(=O)NCC(C)=O)C(C)C. The molecule has 0 saturated carbocycles. The highest BCUT2D eigenvalue weighted by molar-refractivity contribution is 5.87. The van der Waals surface area contributed by atoms with Gasteiger partial charge < -0.3 is 15.4 Å². The second kappa shape index (κ2) is 18.6. The highest BCUT2D eigenvalue weighted by Crippen LogP contribution is 2.19. The van der Waals surface area contributed by atoms with Gasteiger partial charge in [0.05, 0.1) is 18.2 Å². The standard InChI is InChI=1S/C20H41N3O3.C3H8.C2H6/c1-15(2)17(18(25)22-14-16(3)24)23(9)12-10-20(6,7)26-13-11-19(4,5)21-8;1-3-2;1-2/h15,17,21H,10-14H2,1-9H3,(H,22,25);3H2,1-2H3;1-2H3. The first-order valence-electron chi connectivity index (χ1n) is 12.0. The lowest BCUT2D eigenvalue weighted by Gasteiger charge is -2.34.